The van der Waals surface area contributed by atoms with Crippen LogP contribution in [0.15, 0.2) is 91.4 Å². The summed E-state index contributed by atoms with van der Waals surface area (Å²) in [4.78, 5) is 22.4. The average molecular weight is 531 g/mol. The van der Waals surface area contributed by atoms with Crippen LogP contribution in [0.1, 0.15) is 5.56 Å². The van der Waals surface area contributed by atoms with Gasteiger partial charge >= 0.3 is 15.7 Å². The molecule has 0 unspecified atom stereocenters. The maximum Gasteiger partial charge on any atom is 0.340 e. The summed E-state index contributed by atoms with van der Waals surface area (Å²) in [5.74, 6) is 0.135. The summed E-state index contributed by atoms with van der Waals surface area (Å²) < 4.78 is 35.7. The van der Waals surface area contributed by atoms with E-state index in [1.807, 2.05) is 0 Å². The zero-order valence-corrected chi connectivity index (χ0v) is 19.1. The first-order valence-corrected chi connectivity index (χ1v) is 11.7. The van der Waals surface area contributed by atoms with Crippen LogP contribution >= 0.6 is 15.9 Å². The van der Waals surface area contributed by atoms with Gasteiger partial charge in [-0.15, -0.1) is 0 Å². The van der Waals surface area contributed by atoms with Crippen molar-refractivity contribution >= 4 is 48.4 Å². The van der Waals surface area contributed by atoms with Crippen LogP contribution in [0, 0.1) is 10.1 Å². The molecule has 0 fully saturated rings. The van der Waals surface area contributed by atoms with Crippen LogP contribution in [-0.4, -0.2) is 13.3 Å². The van der Waals surface area contributed by atoms with Crippen LogP contribution in [0.2, 0.25) is 0 Å². The molecular formula is C22H15BrN2O7S. The van der Waals surface area contributed by atoms with E-state index in [9.17, 15) is 23.3 Å². The third-order valence-corrected chi connectivity index (χ3v) is 6.92. The van der Waals surface area contributed by atoms with Gasteiger partial charge in [-0.25, -0.2) is 4.79 Å². The lowest BCUT2D eigenvalue weighted by molar-refractivity contribution is -0.384. The Morgan fingerprint density at radius 2 is 1.76 bits per heavy atom. The molecule has 1 aromatic heterocycles. The molecule has 0 bridgehead atoms. The van der Waals surface area contributed by atoms with E-state index in [2.05, 4.69) is 21.2 Å². The van der Waals surface area contributed by atoms with Crippen molar-refractivity contribution in [1.82, 2.24) is 0 Å². The summed E-state index contributed by atoms with van der Waals surface area (Å²) >= 11 is 3.20. The molecule has 0 atom stereocenters. The maximum absolute atomic E-state index is 12.5. The predicted octanol–water partition coefficient (Wildman–Crippen LogP) is 4.84. The number of fused-ring (bicyclic) bond motifs is 1. The van der Waals surface area contributed by atoms with Gasteiger partial charge in [-0.05, 0) is 51.8 Å². The second-order valence-electron chi connectivity index (χ2n) is 6.88. The summed E-state index contributed by atoms with van der Waals surface area (Å²) in [7, 11) is -4.02. The number of non-ortho nitro benzene ring substituents is 1. The quantitative estimate of drug-likeness (QED) is 0.155. The van der Waals surface area contributed by atoms with Crippen molar-refractivity contribution in [1.29, 1.82) is 0 Å². The largest absolute Gasteiger partial charge is 0.423 e. The van der Waals surface area contributed by atoms with Crippen LogP contribution in [0.3, 0.4) is 0 Å². The van der Waals surface area contributed by atoms with Crippen molar-refractivity contribution in [2.45, 2.75) is 11.4 Å². The molecule has 0 aliphatic rings. The Morgan fingerprint density at radius 1 is 1.03 bits per heavy atom. The van der Waals surface area contributed by atoms with E-state index in [1.54, 1.807) is 30.3 Å². The van der Waals surface area contributed by atoms with E-state index in [0.717, 1.165) is 5.56 Å². The number of hydrogen-bond donors (Lipinski definition) is 1. The first kappa shape index (κ1) is 22.5. The Hall–Kier alpha value is -3.70. The van der Waals surface area contributed by atoms with Crippen molar-refractivity contribution in [2.75, 3.05) is 5.32 Å². The predicted molar refractivity (Wildman–Crippen MR) is 125 cm³/mol. The Kier molecular flexibility index (Phi) is 6.16. The number of benzene rings is 3. The molecule has 1 N–H and O–H groups in total. The minimum atomic E-state index is -4.02. The normalized spacial score (nSPS) is 11.3. The van der Waals surface area contributed by atoms with E-state index in [1.165, 1.54) is 42.5 Å². The highest BCUT2D eigenvalue weighted by Gasteiger charge is 2.19. The smallest absolute Gasteiger partial charge is 0.340 e. The Bertz CT molecular complexity index is 1520. The number of anilines is 1. The average Bonchev–Trinajstić information content (AvgIpc) is 2.78. The van der Waals surface area contributed by atoms with E-state index in [4.69, 9.17) is 8.60 Å². The van der Waals surface area contributed by atoms with Crippen molar-refractivity contribution in [2.24, 2.45) is 0 Å². The van der Waals surface area contributed by atoms with Gasteiger partial charge in [-0.2, -0.15) is 8.42 Å². The topological polar surface area (TPSA) is 129 Å². The van der Waals surface area contributed by atoms with Crippen LogP contribution in [0.25, 0.3) is 11.0 Å². The van der Waals surface area contributed by atoms with E-state index >= 15 is 0 Å². The number of hydrogen-bond acceptors (Lipinski definition) is 8. The van der Waals surface area contributed by atoms with Gasteiger partial charge in [0.2, 0.25) is 0 Å². The minimum Gasteiger partial charge on any atom is -0.423 e. The molecule has 3 aromatic carbocycles. The second-order valence-corrected chi connectivity index (χ2v) is 9.25. The highest BCUT2D eigenvalue weighted by Crippen LogP contribution is 2.28. The Labute approximate surface area is 196 Å². The monoisotopic (exact) mass is 530 g/mol. The van der Waals surface area contributed by atoms with E-state index in [0.29, 0.717) is 15.5 Å². The molecule has 33 heavy (non-hydrogen) atoms. The fourth-order valence-corrected chi connectivity index (χ4v) is 4.98. The van der Waals surface area contributed by atoms with Crippen molar-refractivity contribution in [3.05, 3.63) is 103 Å². The summed E-state index contributed by atoms with van der Waals surface area (Å²) in [6.45, 7) is 0.262. The van der Waals surface area contributed by atoms with E-state index in [-0.39, 0.29) is 28.5 Å². The molecule has 168 valence electrons. The molecule has 0 aliphatic carbocycles. The van der Waals surface area contributed by atoms with Crippen molar-refractivity contribution in [3.63, 3.8) is 0 Å². The molecule has 4 rings (SSSR count). The van der Waals surface area contributed by atoms with Gasteiger partial charge in [0.1, 0.15) is 16.2 Å². The summed E-state index contributed by atoms with van der Waals surface area (Å²) in [6, 6.07) is 17.8. The lowest BCUT2D eigenvalue weighted by Crippen LogP contribution is -2.10. The number of rotatable bonds is 7. The van der Waals surface area contributed by atoms with Gasteiger partial charge < -0.3 is 13.9 Å². The molecule has 0 radical (unpaired) electrons. The van der Waals surface area contributed by atoms with Crippen molar-refractivity contribution in [3.8, 4) is 5.75 Å². The summed E-state index contributed by atoms with van der Waals surface area (Å²) in [5.41, 5.74) is 0.623. The van der Waals surface area contributed by atoms with Crippen LogP contribution in [0.5, 0.6) is 5.75 Å². The third-order valence-electron chi connectivity index (χ3n) is 4.66. The standard InChI is InChI=1S/C22H15BrN2O7S/c23-18-3-1-2-4-21(18)33(29,30)32-16-8-5-14(6-9-16)13-24-19-12-22(26)31-20-10-7-15(25(27)28)11-17(19)20/h1-12,24H,13H2. The van der Waals surface area contributed by atoms with Gasteiger partial charge in [-0.1, -0.05) is 24.3 Å². The Morgan fingerprint density at radius 3 is 2.45 bits per heavy atom. The molecule has 0 spiro atoms. The van der Waals surface area contributed by atoms with Gasteiger partial charge in [0.25, 0.3) is 5.69 Å². The second kappa shape index (κ2) is 9.04. The number of halogens is 1. The SMILES string of the molecule is O=c1cc(NCc2ccc(OS(=O)(=O)c3ccccc3Br)cc2)c2cc([N+](=O)[O-])ccc2o1. The van der Waals surface area contributed by atoms with Gasteiger partial charge in [0, 0.05) is 34.6 Å². The molecule has 0 aliphatic heterocycles. The molecular weight excluding hydrogens is 516 g/mol. The zero-order chi connectivity index (χ0) is 23.6. The third kappa shape index (κ3) is 5.04. The molecule has 0 saturated carbocycles. The van der Waals surface area contributed by atoms with Crippen LogP contribution < -0.4 is 15.1 Å². The zero-order valence-electron chi connectivity index (χ0n) is 16.7. The fraction of sp³-hybridized carbons (Fsp3) is 0.0455. The van der Waals surface area contributed by atoms with Gasteiger partial charge in [-0.3, -0.25) is 10.1 Å². The first-order chi connectivity index (χ1) is 15.7. The van der Waals surface area contributed by atoms with Gasteiger partial charge in [0.15, 0.2) is 0 Å². The number of nitrogens with one attached hydrogen (secondary N) is 1. The highest BCUT2D eigenvalue weighted by atomic mass is 79.9. The van der Waals surface area contributed by atoms with Crippen LogP contribution in [0.4, 0.5) is 11.4 Å². The minimum absolute atomic E-state index is 0.0135. The fourth-order valence-electron chi connectivity index (χ4n) is 3.09. The number of nitrogens with zero attached hydrogens (tertiary/aromatic N) is 1. The lowest BCUT2D eigenvalue weighted by atomic mass is 10.1. The first-order valence-electron chi connectivity index (χ1n) is 9.47. The number of nitro benzene ring substituents is 1. The number of nitro groups is 1. The highest BCUT2D eigenvalue weighted by molar-refractivity contribution is 9.10. The molecule has 9 nitrogen and oxygen atoms in total. The molecule has 0 amide bonds. The Balaban J connectivity index is 1.52. The van der Waals surface area contributed by atoms with Crippen LogP contribution in [-0.2, 0) is 16.7 Å². The molecule has 11 heteroatoms. The maximum atomic E-state index is 12.5. The molecule has 4 aromatic rings. The van der Waals surface area contributed by atoms with Crippen molar-refractivity contribution < 1.29 is 21.9 Å². The molecule has 0 saturated heterocycles. The lowest BCUT2D eigenvalue weighted by Gasteiger charge is -2.11. The molecule has 1 heterocycles. The summed E-state index contributed by atoms with van der Waals surface area (Å²) in [5, 5.41) is 14.5. The summed E-state index contributed by atoms with van der Waals surface area (Å²) in [6.07, 6.45) is 0. The van der Waals surface area contributed by atoms with E-state index < -0.39 is 20.7 Å². The van der Waals surface area contributed by atoms with Gasteiger partial charge in [0.05, 0.1) is 10.6 Å².